The summed E-state index contributed by atoms with van der Waals surface area (Å²) in [5.74, 6) is 0. The van der Waals surface area contributed by atoms with Gasteiger partial charge in [0.05, 0.1) is 0 Å². The smallest absolute Gasteiger partial charge is 1.00 e. The first-order valence-electron chi connectivity index (χ1n) is 7.79. The van der Waals surface area contributed by atoms with Crippen molar-refractivity contribution in [2.24, 2.45) is 0 Å². The van der Waals surface area contributed by atoms with Crippen LogP contribution in [0, 0.1) is 6.04 Å². The van der Waals surface area contributed by atoms with Gasteiger partial charge in [0, 0.05) is 0 Å². The number of hydrogen-bond acceptors (Lipinski definition) is 3. The van der Waals surface area contributed by atoms with Crippen LogP contribution in [0.15, 0.2) is 30.3 Å². The van der Waals surface area contributed by atoms with Crippen molar-refractivity contribution in [2.75, 3.05) is 46.8 Å². The van der Waals surface area contributed by atoms with Crippen molar-refractivity contribution >= 4 is 0 Å². The minimum atomic E-state index is 0. The van der Waals surface area contributed by atoms with Crippen LogP contribution in [0.25, 0.3) is 0 Å². The Balaban J connectivity index is -0.00000110. The van der Waals surface area contributed by atoms with Crippen molar-refractivity contribution in [3.8, 4) is 0 Å². The predicted octanol–water partition coefficient (Wildman–Crippen LogP) is -6.79. The minimum Gasteiger partial charge on any atom is -1.00 e. The molecule has 0 bridgehead atoms. The van der Waals surface area contributed by atoms with E-state index in [9.17, 15) is 0 Å². The average Bonchev–Trinajstić information content (AvgIpc) is 2.46. The summed E-state index contributed by atoms with van der Waals surface area (Å²) in [6, 6.07) is 12.3. The topological polar surface area (TPSA) is 18.5 Å². The van der Waals surface area contributed by atoms with Gasteiger partial charge in [0.25, 0.3) is 0 Å². The zero-order valence-corrected chi connectivity index (χ0v) is 18.4. The summed E-state index contributed by atoms with van der Waals surface area (Å²) in [6.45, 7) is 5.71. The third-order valence-corrected chi connectivity index (χ3v) is 4.03. The fourth-order valence-electron chi connectivity index (χ4n) is 2.82. The summed E-state index contributed by atoms with van der Waals surface area (Å²) in [5, 5.41) is 3.57. The number of nitrogens with one attached hydrogen (secondary N) is 1. The Morgan fingerprint density at radius 3 is 2.17 bits per heavy atom. The normalized spacial score (nSPS) is 17.7. The summed E-state index contributed by atoms with van der Waals surface area (Å²) in [4.78, 5) is 4.88. The molecule has 0 atom stereocenters. The van der Waals surface area contributed by atoms with Crippen LogP contribution >= 0.6 is 0 Å². The van der Waals surface area contributed by atoms with Crippen molar-refractivity contribution in [3.05, 3.63) is 41.9 Å². The molecule has 7 heteroatoms. The predicted molar refractivity (Wildman–Crippen MR) is 85.6 cm³/mol. The van der Waals surface area contributed by atoms with Crippen molar-refractivity contribution in [3.63, 3.8) is 0 Å². The van der Waals surface area contributed by atoms with E-state index in [1.807, 2.05) is 0 Å². The molecule has 1 fully saturated rings. The van der Waals surface area contributed by atoms with Crippen LogP contribution < -0.4 is 42.5 Å². The van der Waals surface area contributed by atoms with Gasteiger partial charge in [-0.15, -0.1) is 18.2 Å². The molecule has 3 nitrogen and oxygen atoms in total. The molecule has 24 heavy (non-hydrogen) atoms. The monoisotopic (exact) mass is 427 g/mol. The third kappa shape index (κ3) is 10.5. The van der Waals surface area contributed by atoms with Gasteiger partial charge in [0.1, 0.15) is 0 Å². The van der Waals surface area contributed by atoms with Crippen LogP contribution in [0.1, 0.15) is 24.8 Å². The molecule has 1 aromatic carbocycles. The molecule has 1 N–H and O–H groups in total. The van der Waals surface area contributed by atoms with Crippen LogP contribution in [-0.4, -0.2) is 56.6 Å². The molecule has 0 unspecified atom stereocenters. The van der Waals surface area contributed by atoms with Gasteiger partial charge < -0.3 is 52.3 Å². The van der Waals surface area contributed by atoms with Gasteiger partial charge in [0.2, 0.25) is 0 Å². The van der Waals surface area contributed by atoms with Gasteiger partial charge in [-0.25, -0.2) is 0 Å². The first-order valence-corrected chi connectivity index (χ1v) is 7.79. The molecule has 0 spiro atoms. The summed E-state index contributed by atoms with van der Waals surface area (Å²) in [5.41, 5.74) is 1.36. The summed E-state index contributed by atoms with van der Waals surface area (Å²) < 4.78 is 0. The van der Waals surface area contributed by atoms with E-state index in [0.29, 0.717) is 0 Å². The molecule has 0 radical (unpaired) electrons. The molecule has 1 heterocycles. The second-order valence-electron chi connectivity index (χ2n) is 5.74. The van der Waals surface area contributed by atoms with Crippen molar-refractivity contribution < 1.29 is 58.9 Å². The standard InChI is InChI=1S/C17H28N3.3ClH.Ti/c1-19-13-6-11-18-12-10-17(20(2)15-7-14-19)16-8-4-3-5-9-16;;;;/h3-5,8-9,18H,6-7,10-15H2,1-2H3;3*1H;/q-1;;;;+4/p-3. The second-order valence-corrected chi connectivity index (χ2v) is 5.74. The van der Waals surface area contributed by atoms with E-state index in [0.717, 1.165) is 26.1 Å². The second kappa shape index (κ2) is 17.0. The first-order chi connectivity index (χ1) is 9.77. The van der Waals surface area contributed by atoms with E-state index in [2.05, 4.69) is 59.5 Å². The summed E-state index contributed by atoms with van der Waals surface area (Å²) in [7, 11) is 4.46. The SMILES string of the molecule is CN1CCCNCC[C-](c2ccccc2)N(C)CCC1.[Cl-].[Cl-].[Cl-].[Ti+4]. The van der Waals surface area contributed by atoms with Gasteiger partial charge in [-0.2, -0.15) is 17.7 Å². The van der Waals surface area contributed by atoms with Crippen LogP contribution in [0.4, 0.5) is 0 Å². The number of nitrogens with zero attached hydrogens (tertiary/aromatic N) is 2. The first kappa shape index (κ1) is 29.3. The molecule has 2 rings (SSSR count). The van der Waals surface area contributed by atoms with Crippen molar-refractivity contribution in [1.29, 1.82) is 0 Å². The average molecular weight is 429 g/mol. The van der Waals surface area contributed by atoms with Gasteiger partial charge in [0.15, 0.2) is 0 Å². The van der Waals surface area contributed by atoms with E-state index < -0.39 is 0 Å². The summed E-state index contributed by atoms with van der Waals surface area (Å²) >= 11 is 0. The van der Waals surface area contributed by atoms with Crippen LogP contribution in [-0.2, 0) is 21.7 Å². The molecule has 0 aliphatic carbocycles. The van der Waals surface area contributed by atoms with E-state index >= 15 is 0 Å². The van der Waals surface area contributed by atoms with Crippen LogP contribution in [0.3, 0.4) is 0 Å². The number of hydrogen-bond donors (Lipinski definition) is 1. The Kier molecular flexibility index (Phi) is 20.8. The van der Waals surface area contributed by atoms with E-state index in [4.69, 9.17) is 0 Å². The maximum atomic E-state index is 3.57. The Morgan fingerprint density at radius 1 is 0.875 bits per heavy atom. The third-order valence-electron chi connectivity index (χ3n) is 4.03. The van der Waals surface area contributed by atoms with Crippen molar-refractivity contribution in [2.45, 2.75) is 19.3 Å². The Morgan fingerprint density at radius 2 is 1.50 bits per heavy atom. The summed E-state index contributed by atoms with van der Waals surface area (Å²) in [6.07, 6.45) is 3.58. The van der Waals surface area contributed by atoms with E-state index in [-0.39, 0.29) is 58.9 Å². The number of benzene rings is 1. The van der Waals surface area contributed by atoms with E-state index in [1.165, 1.54) is 37.5 Å². The molecule has 1 aliphatic heterocycles. The zero-order valence-electron chi connectivity index (χ0n) is 14.6. The van der Waals surface area contributed by atoms with Gasteiger partial charge in [-0.05, 0) is 59.7 Å². The number of rotatable bonds is 1. The fraction of sp³-hybridized carbons (Fsp3) is 0.588. The molecular formula is C17H28Cl3N3Ti. The molecule has 0 amide bonds. The van der Waals surface area contributed by atoms with Crippen LogP contribution in [0.5, 0.6) is 0 Å². The molecule has 1 saturated heterocycles. The van der Waals surface area contributed by atoms with Crippen LogP contribution in [0.2, 0.25) is 0 Å². The fourth-order valence-corrected chi connectivity index (χ4v) is 2.82. The molecular weight excluding hydrogens is 400 g/mol. The van der Waals surface area contributed by atoms with Crippen molar-refractivity contribution in [1.82, 2.24) is 15.1 Å². The van der Waals surface area contributed by atoms with Gasteiger partial charge in [-0.1, -0.05) is 12.5 Å². The molecule has 136 valence electrons. The Labute approximate surface area is 181 Å². The van der Waals surface area contributed by atoms with E-state index in [1.54, 1.807) is 0 Å². The molecule has 0 aromatic heterocycles. The maximum absolute atomic E-state index is 3.57. The Hall–Kier alpha value is 0.554. The zero-order chi connectivity index (χ0) is 14.2. The minimum absolute atomic E-state index is 0. The Bertz CT molecular complexity index is 385. The molecule has 0 saturated carbocycles. The van der Waals surface area contributed by atoms with Gasteiger partial charge in [-0.3, -0.25) is 0 Å². The largest absolute Gasteiger partial charge is 4.00 e. The number of halogens is 3. The maximum Gasteiger partial charge on any atom is 4.00 e. The van der Waals surface area contributed by atoms with Gasteiger partial charge >= 0.3 is 21.7 Å². The molecule has 1 aromatic rings. The molecule has 1 aliphatic rings. The quantitative estimate of drug-likeness (QED) is 0.355.